The molecule has 2 aromatic carbocycles. The van der Waals surface area contributed by atoms with E-state index in [9.17, 15) is 4.79 Å². The fraction of sp³-hybridized carbons (Fsp3) is 0.200. The van der Waals surface area contributed by atoms with E-state index in [2.05, 4.69) is 14.9 Å². The molecule has 3 aromatic rings. The molecule has 0 unspecified atom stereocenters. The Morgan fingerprint density at radius 2 is 1.48 bits per heavy atom. The van der Waals surface area contributed by atoms with Crippen LogP contribution >= 0.6 is 11.6 Å². The van der Waals surface area contributed by atoms with Gasteiger partial charge in [0.2, 0.25) is 0 Å². The number of benzene rings is 2. The SMILES string of the molecule is Nc1ccc(N2CCN(c3cnn(-c4ccccc4)c(=O)c3Cl)CC2)cc1. The van der Waals surface area contributed by atoms with E-state index in [0.717, 1.165) is 37.6 Å². The topological polar surface area (TPSA) is 67.4 Å². The third-order valence-corrected chi connectivity index (χ3v) is 5.14. The van der Waals surface area contributed by atoms with Crippen molar-refractivity contribution in [2.75, 3.05) is 41.7 Å². The molecule has 2 heterocycles. The number of nitrogen functional groups attached to an aromatic ring is 1. The number of halogens is 1. The Morgan fingerprint density at radius 3 is 2.15 bits per heavy atom. The number of rotatable bonds is 3. The molecule has 6 nitrogen and oxygen atoms in total. The van der Waals surface area contributed by atoms with Crippen LogP contribution < -0.4 is 21.1 Å². The highest BCUT2D eigenvalue weighted by atomic mass is 35.5. The third kappa shape index (κ3) is 3.48. The van der Waals surface area contributed by atoms with Gasteiger partial charge in [0.1, 0.15) is 5.02 Å². The highest BCUT2D eigenvalue weighted by Crippen LogP contribution is 2.25. The molecule has 0 aliphatic carbocycles. The van der Waals surface area contributed by atoms with Gasteiger partial charge in [-0.05, 0) is 36.4 Å². The summed E-state index contributed by atoms with van der Waals surface area (Å²) in [5.74, 6) is 0. The maximum absolute atomic E-state index is 12.7. The summed E-state index contributed by atoms with van der Waals surface area (Å²) in [6.07, 6.45) is 1.68. The minimum absolute atomic E-state index is 0.204. The van der Waals surface area contributed by atoms with Crippen LogP contribution in [0, 0.1) is 0 Å². The number of nitrogens with zero attached hydrogens (tertiary/aromatic N) is 4. The van der Waals surface area contributed by atoms with Crippen LogP contribution in [-0.4, -0.2) is 36.0 Å². The van der Waals surface area contributed by atoms with Gasteiger partial charge in [-0.15, -0.1) is 0 Å². The average Bonchev–Trinajstić information content (AvgIpc) is 2.71. The fourth-order valence-corrected chi connectivity index (χ4v) is 3.54. The maximum atomic E-state index is 12.7. The summed E-state index contributed by atoms with van der Waals surface area (Å²) in [5, 5.41) is 4.53. The molecule has 0 radical (unpaired) electrons. The van der Waals surface area contributed by atoms with Crippen molar-refractivity contribution in [3.63, 3.8) is 0 Å². The number of piperazine rings is 1. The standard InChI is InChI=1S/C20H20ClN5O/c21-19-18(14-23-26(20(19)27)17-4-2-1-3-5-17)25-12-10-24(11-13-25)16-8-6-15(22)7-9-16/h1-9,14H,10-13,22H2. The molecular weight excluding hydrogens is 362 g/mol. The molecule has 1 aliphatic rings. The molecule has 7 heteroatoms. The molecule has 0 atom stereocenters. The summed E-state index contributed by atoms with van der Waals surface area (Å²) in [5.41, 5.74) is 8.74. The Labute approximate surface area is 162 Å². The largest absolute Gasteiger partial charge is 0.399 e. The number of para-hydroxylation sites is 1. The Kier molecular flexibility index (Phi) is 4.73. The van der Waals surface area contributed by atoms with Crippen LogP contribution in [0.25, 0.3) is 5.69 Å². The third-order valence-electron chi connectivity index (χ3n) is 4.78. The highest BCUT2D eigenvalue weighted by Gasteiger charge is 2.21. The zero-order valence-corrected chi connectivity index (χ0v) is 15.5. The predicted octanol–water partition coefficient (Wildman–Crippen LogP) is 2.79. The van der Waals surface area contributed by atoms with Crippen molar-refractivity contribution >= 4 is 28.7 Å². The van der Waals surface area contributed by atoms with Crippen LogP contribution in [0.3, 0.4) is 0 Å². The van der Waals surface area contributed by atoms with Gasteiger partial charge in [-0.1, -0.05) is 29.8 Å². The van der Waals surface area contributed by atoms with Crippen LogP contribution in [0.2, 0.25) is 5.02 Å². The number of nitrogens with two attached hydrogens (primary N) is 1. The zero-order chi connectivity index (χ0) is 18.8. The number of aromatic nitrogens is 2. The van der Waals surface area contributed by atoms with Gasteiger partial charge < -0.3 is 15.5 Å². The first-order valence-corrected chi connectivity index (χ1v) is 9.20. The molecule has 0 saturated carbocycles. The Hall–Kier alpha value is -2.99. The number of hydrogen-bond donors (Lipinski definition) is 1. The van der Waals surface area contributed by atoms with Gasteiger partial charge in [0, 0.05) is 37.6 Å². The van der Waals surface area contributed by atoms with Gasteiger partial charge in [-0.2, -0.15) is 9.78 Å². The Balaban J connectivity index is 1.52. The van der Waals surface area contributed by atoms with Gasteiger partial charge in [-0.25, -0.2) is 0 Å². The van der Waals surface area contributed by atoms with Crippen molar-refractivity contribution in [1.82, 2.24) is 9.78 Å². The molecule has 1 saturated heterocycles. The van der Waals surface area contributed by atoms with Crippen LogP contribution in [0.5, 0.6) is 0 Å². The minimum atomic E-state index is -0.304. The lowest BCUT2D eigenvalue weighted by Gasteiger charge is -2.37. The van der Waals surface area contributed by atoms with Crippen LogP contribution in [-0.2, 0) is 0 Å². The lowest BCUT2D eigenvalue weighted by atomic mass is 10.2. The second-order valence-electron chi connectivity index (χ2n) is 6.46. The van der Waals surface area contributed by atoms with E-state index in [1.807, 2.05) is 54.6 Å². The molecule has 27 heavy (non-hydrogen) atoms. The second kappa shape index (κ2) is 7.32. The Bertz CT molecular complexity index is 980. The van der Waals surface area contributed by atoms with Gasteiger partial charge >= 0.3 is 0 Å². The van der Waals surface area contributed by atoms with Crippen molar-refractivity contribution in [2.45, 2.75) is 0 Å². The smallest absolute Gasteiger partial charge is 0.292 e. The summed E-state index contributed by atoms with van der Waals surface area (Å²) in [7, 11) is 0. The van der Waals surface area contributed by atoms with E-state index in [0.29, 0.717) is 11.4 Å². The first kappa shape index (κ1) is 17.4. The first-order valence-electron chi connectivity index (χ1n) is 8.82. The maximum Gasteiger partial charge on any atom is 0.292 e. The molecule has 138 valence electrons. The van der Waals surface area contributed by atoms with Gasteiger partial charge in [0.25, 0.3) is 5.56 Å². The lowest BCUT2D eigenvalue weighted by molar-refractivity contribution is 0.649. The molecular formula is C20H20ClN5O. The molecule has 1 fully saturated rings. The summed E-state index contributed by atoms with van der Waals surface area (Å²) in [6, 6.07) is 17.2. The first-order chi connectivity index (χ1) is 13.1. The Morgan fingerprint density at radius 1 is 0.852 bits per heavy atom. The quantitative estimate of drug-likeness (QED) is 0.706. The number of anilines is 3. The van der Waals surface area contributed by atoms with Crippen molar-refractivity contribution in [3.8, 4) is 5.69 Å². The van der Waals surface area contributed by atoms with Crippen molar-refractivity contribution in [1.29, 1.82) is 0 Å². The van der Waals surface area contributed by atoms with E-state index < -0.39 is 0 Å². The predicted molar refractivity (Wildman–Crippen MR) is 110 cm³/mol. The molecule has 2 N–H and O–H groups in total. The van der Waals surface area contributed by atoms with E-state index in [1.165, 1.54) is 4.68 Å². The van der Waals surface area contributed by atoms with Crippen molar-refractivity contribution in [2.24, 2.45) is 0 Å². The molecule has 0 spiro atoms. The van der Waals surface area contributed by atoms with Crippen LogP contribution in [0.1, 0.15) is 0 Å². The van der Waals surface area contributed by atoms with Crippen LogP contribution in [0.4, 0.5) is 17.1 Å². The molecule has 1 aromatic heterocycles. The number of hydrogen-bond acceptors (Lipinski definition) is 5. The molecule has 1 aliphatic heterocycles. The second-order valence-corrected chi connectivity index (χ2v) is 6.84. The summed E-state index contributed by atoms with van der Waals surface area (Å²) in [4.78, 5) is 17.1. The van der Waals surface area contributed by atoms with Crippen LogP contribution in [0.15, 0.2) is 65.6 Å². The summed E-state index contributed by atoms with van der Waals surface area (Å²) >= 11 is 6.41. The fourth-order valence-electron chi connectivity index (χ4n) is 3.29. The van der Waals surface area contributed by atoms with E-state index in [4.69, 9.17) is 17.3 Å². The van der Waals surface area contributed by atoms with Crippen molar-refractivity contribution in [3.05, 3.63) is 76.2 Å². The van der Waals surface area contributed by atoms with E-state index in [1.54, 1.807) is 6.20 Å². The average molecular weight is 382 g/mol. The van der Waals surface area contributed by atoms with Gasteiger partial charge in [-0.3, -0.25) is 4.79 Å². The highest BCUT2D eigenvalue weighted by molar-refractivity contribution is 6.33. The monoisotopic (exact) mass is 381 g/mol. The molecule has 0 amide bonds. The molecule has 4 rings (SSSR count). The van der Waals surface area contributed by atoms with E-state index in [-0.39, 0.29) is 10.6 Å². The molecule has 0 bridgehead atoms. The zero-order valence-electron chi connectivity index (χ0n) is 14.8. The normalized spacial score (nSPS) is 14.4. The van der Waals surface area contributed by atoms with Gasteiger partial charge in [0.05, 0.1) is 17.6 Å². The summed E-state index contributed by atoms with van der Waals surface area (Å²) in [6.45, 7) is 3.20. The van der Waals surface area contributed by atoms with Crippen molar-refractivity contribution < 1.29 is 0 Å². The van der Waals surface area contributed by atoms with Gasteiger partial charge in [0.15, 0.2) is 0 Å². The lowest BCUT2D eigenvalue weighted by Crippen LogP contribution is -2.47. The summed E-state index contributed by atoms with van der Waals surface area (Å²) < 4.78 is 1.33. The van der Waals surface area contributed by atoms with E-state index >= 15 is 0 Å². The minimum Gasteiger partial charge on any atom is -0.399 e.